The standard InChI is InChI=1S/C15H22ClN3O/c1-2-10-3-5-11(6-4-10)8-19-15(20)12-7-14(16)18-9-13(12)17/h7,9-11H,2-6,8,17H2,1H3,(H,19,20). The average molecular weight is 296 g/mol. The summed E-state index contributed by atoms with van der Waals surface area (Å²) in [5.74, 6) is 1.29. The Morgan fingerprint density at radius 3 is 2.70 bits per heavy atom. The van der Waals surface area contributed by atoms with Crippen molar-refractivity contribution < 1.29 is 4.79 Å². The summed E-state index contributed by atoms with van der Waals surface area (Å²) in [6.07, 6.45) is 7.64. The fourth-order valence-corrected chi connectivity index (χ4v) is 2.97. The number of amides is 1. The number of aromatic nitrogens is 1. The molecule has 4 nitrogen and oxygen atoms in total. The molecular formula is C15H22ClN3O. The Balaban J connectivity index is 1.85. The molecule has 1 heterocycles. The van der Waals surface area contributed by atoms with Crippen molar-refractivity contribution in [3.05, 3.63) is 23.0 Å². The normalized spacial score (nSPS) is 22.5. The molecule has 1 aliphatic carbocycles. The smallest absolute Gasteiger partial charge is 0.253 e. The van der Waals surface area contributed by atoms with Crippen molar-refractivity contribution in [2.75, 3.05) is 12.3 Å². The predicted molar refractivity (Wildman–Crippen MR) is 81.7 cm³/mol. The summed E-state index contributed by atoms with van der Waals surface area (Å²) < 4.78 is 0. The summed E-state index contributed by atoms with van der Waals surface area (Å²) in [5, 5.41) is 3.25. The number of nitrogen functional groups attached to an aromatic ring is 1. The molecule has 5 heteroatoms. The summed E-state index contributed by atoms with van der Waals surface area (Å²) in [6.45, 7) is 2.97. The lowest BCUT2D eigenvalue weighted by Crippen LogP contribution is -2.31. The zero-order valence-corrected chi connectivity index (χ0v) is 12.6. The second-order valence-corrected chi connectivity index (χ2v) is 5.99. The van der Waals surface area contributed by atoms with Crippen LogP contribution in [0, 0.1) is 11.8 Å². The van der Waals surface area contributed by atoms with Crippen LogP contribution in [0.1, 0.15) is 49.4 Å². The van der Waals surface area contributed by atoms with Gasteiger partial charge in [0.2, 0.25) is 0 Å². The Morgan fingerprint density at radius 1 is 1.40 bits per heavy atom. The highest BCUT2D eigenvalue weighted by Gasteiger charge is 2.21. The molecule has 1 saturated carbocycles. The highest BCUT2D eigenvalue weighted by Crippen LogP contribution is 2.30. The number of hydrogen-bond donors (Lipinski definition) is 2. The molecule has 110 valence electrons. The molecule has 20 heavy (non-hydrogen) atoms. The molecular weight excluding hydrogens is 274 g/mol. The topological polar surface area (TPSA) is 68.0 Å². The maximum Gasteiger partial charge on any atom is 0.253 e. The summed E-state index contributed by atoms with van der Waals surface area (Å²) in [6, 6.07) is 1.51. The Bertz CT molecular complexity index is 470. The van der Waals surface area contributed by atoms with Gasteiger partial charge in [-0.1, -0.05) is 37.8 Å². The minimum absolute atomic E-state index is 0.163. The molecule has 1 aromatic heterocycles. The lowest BCUT2D eigenvalue weighted by Gasteiger charge is -2.27. The molecule has 0 unspecified atom stereocenters. The van der Waals surface area contributed by atoms with Crippen LogP contribution in [-0.4, -0.2) is 17.4 Å². The van der Waals surface area contributed by atoms with Crippen LogP contribution >= 0.6 is 11.6 Å². The first-order valence-corrected chi connectivity index (χ1v) is 7.67. The molecule has 0 atom stereocenters. The van der Waals surface area contributed by atoms with Gasteiger partial charge in [-0.15, -0.1) is 0 Å². The third-order valence-electron chi connectivity index (χ3n) is 4.24. The Kier molecular flexibility index (Phi) is 5.24. The van der Waals surface area contributed by atoms with Crippen LogP contribution in [0.5, 0.6) is 0 Å². The monoisotopic (exact) mass is 295 g/mol. The molecule has 0 bridgehead atoms. The number of rotatable bonds is 4. The third kappa shape index (κ3) is 3.85. The van der Waals surface area contributed by atoms with E-state index in [1.165, 1.54) is 44.4 Å². The number of halogens is 1. The van der Waals surface area contributed by atoms with Crippen molar-refractivity contribution in [1.82, 2.24) is 10.3 Å². The van der Waals surface area contributed by atoms with Crippen LogP contribution in [0.4, 0.5) is 5.69 Å². The van der Waals surface area contributed by atoms with Crippen molar-refractivity contribution in [3.63, 3.8) is 0 Å². The highest BCUT2D eigenvalue weighted by molar-refractivity contribution is 6.29. The van der Waals surface area contributed by atoms with E-state index < -0.39 is 0 Å². The quantitative estimate of drug-likeness (QED) is 0.838. The van der Waals surface area contributed by atoms with Crippen LogP contribution in [0.15, 0.2) is 12.3 Å². The minimum Gasteiger partial charge on any atom is -0.397 e. The van der Waals surface area contributed by atoms with E-state index in [0.29, 0.717) is 23.7 Å². The van der Waals surface area contributed by atoms with Gasteiger partial charge < -0.3 is 11.1 Å². The summed E-state index contributed by atoms with van der Waals surface area (Å²) >= 11 is 5.80. The number of hydrogen-bond acceptors (Lipinski definition) is 3. The van der Waals surface area contributed by atoms with Gasteiger partial charge in [-0.3, -0.25) is 4.79 Å². The molecule has 1 aliphatic rings. The van der Waals surface area contributed by atoms with E-state index in [9.17, 15) is 4.79 Å². The zero-order chi connectivity index (χ0) is 14.5. The number of anilines is 1. The van der Waals surface area contributed by atoms with Gasteiger partial charge in [-0.05, 0) is 30.7 Å². The van der Waals surface area contributed by atoms with Gasteiger partial charge in [0, 0.05) is 6.54 Å². The van der Waals surface area contributed by atoms with Gasteiger partial charge in [-0.2, -0.15) is 0 Å². The van der Waals surface area contributed by atoms with E-state index in [1.807, 2.05) is 0 Å². The molecule has 0 aromatic carbocycles. The van der Waals surface area contributed by atoms with Crippen LogP contribution in [0.3, 0.4) is 0 Å². The first-order valence-electron chi connectivity index (χ1n) is 7.29. The maximum absolute atomic E-state index is 12.1. The van der Waals surface area contributed by atoms with E-state index in [0.717, 1.165) is 5.92 Å². The predicted octanol–water partition coefficient (Wildman–Crippen LogP) is 3.26. The van der Waals surface area contributed by atoms with Gasteiger partial charge >= 0.3 is 0 Å². The molecule has 2 rings (SSSR count). The first kappa shape index (κ1) is 15.1. The lowest BCUT2D eigenvalue weighted by atomic mass is 9.81. The van der Waals surface area contributed by atoms with Crippen molar-refractivity contribution in [3.8, 4) is 0 Å². The summed E-state index contributed by atoms with van der Waals surface area (Å²) in [4.78, 5) is 16.0. The first-order chi connectivity index (χ1) is 9.60. The van der Waals surface area contributed by atoms with Gasteiger partial charge in [0.1, 0.15) is 5.15 Å². The maximum atomic E-state index is 12.1. The Morgan fingerprint density at radius 2 is 2.05 bits per heavy atom. The molecule has 1 amide bonds. The van der Waals surface area contributed by atoms with Gasteiger partial charge in [0.15, 0.2) is 0 Å². The van der Waals surface area contributed by atoms with E-state index in [1.54, 1.807) is 0 Å². The molecule has 0 spiro atoms. The van der Waals surface area contributed by atoms with E-state index in [-0.39, 0.29) is 11.1 Å². The number of carbonyl (C=O) groups excluding carboxylic acids is 1. The number of nitrogens with two attached hydrogens (primary N) is 1. The zero-order valence-electron chi connectivity index (χ0n) is 11.9. The molecule has 1 aromatic rings. The van der Waals surface area contributed by atoms with Crippen LogP contribution in [0.25, 0.3) is 0 Å². The Hall–Kier alpha value is -1.29. The minimum atomic E-state index is -0.163. The molecule has 1 fully saturated rings. The molecule has 0 radical (unpaired) electrons. The number of pyridine rings is 1. The van der Waals surface area contributed by atoms with Crippen LogP contribution < -0.4 is 11.1 Å². The van der Waals surface area contributed by atoms with E-state index in [4.69, 9.17) is 17.3 Å². The van der Waals surface area contributed by atoms with Crippen molar-refractivity contribution in [2.24, 2.45) is 11.8 Å². The second kappa shape index (κ2) is 6.93. The summed E-state index contributed by atoms with van der Waals surface area (Å²) in [5.41, 5.74) is 6.53. The second-order valence-electron chi connectivity index (χ2n) is 5.60. The molecule has 3 N–H and O–H groups in total. The third-order valence-corrected chi connectivity index (χ3v) is 4.45. The van der Waals surface area contributed by atoms with E-state index >= 15 is 0 Å². The van der Waals surface area contributed by atoms with Crippen molar-refractivity contribution in [1.29, 1.82) is 0 Å². The lowest BCUT2D eigenvalue weighted by molar-refractivity contribution is 0.0942. The Labute approximate surface area is 125 Å². The van der Waals surface area contributed by atoms with Crippen LogP contribution in [0.2, 0.25) is 5.15 Å². The fourth-order valence-electron chi connectivity index (χ4n) is 2.81. The van der Waals surface area contributed by atoms with Gasteiger partial charge in [0.05, 0.1) is 17.4 Å². The van der Waals surface area contributed by atoms with Gasteiger partial charge in [-0.25, -0.2) is 4.98 Å². The van der Waals surface area contributed by atoms with Crippen molar-refractivity contribution in [2.45, 2.75) is 39.0 Å². The highest BCUT2D eigenvalue weighted by atomic mass is 35.5. The van der Waals surface area contributed by atoms with Crippen LogP contribution in [-0.2, 0) is 0 Å². The summed E-state index contributed by atoms with van der Waals surface area (Å²) in [7, 11) is 0. The van der Waals surface area contributed by atoms with Crippen molar-refractivity contribution >= 4 is 23.2 Å². The number of nitrogens with one attached hydrogen (secondary N) is 1. The van der Waals surface area contributed by atoms with E-state index in [2.05, 4.69) is 17.2 Å². The SMILES string of the molecule is CCC1CCC(CNC(=O)c2cc(Cl)ncc2N)CC1. The van der Waals surface area contributed by atoms with Gasteiger partial charge in [0.25, 0.3) is 5.91 Å². The fraction of sp³-hybridized carbons (Fsp3) is 0.600. The molecule has 0 aliphatic heterocycles. The average Bonchev–Trinajstić information content (AvgIpc) is 2.47. The largest absolute Gasteiger partial charge is 0.397 e. The number of nitrogens with zero attached hydrogens (tertiary/aromatic N) is 1. The molecule has 0 saturated heterocycles. The number of carbonyl (C=O) groups is 1.